The highest BCUT2D eigenvalue weighted by atomic mass is 16.3. The molecule has 0 saturated heterocycles. The average Bonchev–Trinajstić information content (AvgIpc) is 2.35. The Morgan fingerprint density at radius 2 is 2.21 bits per heavy atom. The van der Waals surface area contributed by atoms with Crippen LogP contribution in [0.1, 0.15) is 49.7 Å². The zero-order valence-corrected chi connectivity index (χ0v) is 11.9. The van der Waals surface area contributed by atoms with Crippen molar-refractivity contribution >= 4 is 5.91 Å². The molecule has 1 heterocycles. The molecule has 1 rings (SSSR count). The Bertz CT molecular complexity index is 461. The monoisotopic (exact) mass is 262 g/mol. The van der Waals surface area contributed by atoms with E-state index in [4.69, 9.17) is 0 Å². The van der Waals surface area contributed by atoms with Gasteiger partial charge in [-0.2, -0.15) is 0 Å². The molecule has 104 valence electrons. The third-order valence-corrected chi connectivity index (χ3v) is 2.80. The van der Waals surface area contributed by atoms with Gasteiger partial charge in [-0.25, -0.2) is 0 Å². The molecule has 0 atom stereocenters. The van der Waals surface area contributed by atoms with Crippen LogP contribution in [0, 0.1) is 0 Å². The van der Waals surface area contributed by atoms with Gasteiger partial charge in [0.15, 0.2) is 0 Å². The van der Waals surface area contributed by atoms with Crippen molar-refractivity contribution < 1.29 is 9.90 Å². The summed E-state index contributed by atoms with van der Waals surface area (Å²) >= 11 is 0. The van der Waals surface area contributed by atoms with Gasteiger partial charge in [0.25, 0.3) is 5.91 Å². The summed E-state index contributed by atoms with van der Waals surface area (Å²) in [6.07, 6.45) is 3.66. The summed E-state index contributed by atoms with van der Waals surface area (Å²) in [5.41, 5.74) is 1.34. The minimum absolute atomic E-state index is 0.239. The molecule has 1 aromatic heterocycles. The van der Waals surface area contributed by atoms with E-state index in [1.54, 1.807) is 26.1 Å². The van der Waals surface area contributed by atoms with Crippen LogP contribution in [0.2, 0.25) is 0 Å². The maximum absolute atomic E-state index is 11.9. The molecule has 0 saturated carbocycles. The first kappa shape index (κ1) is 15.4. The van der Waals surface area contributed by atoms with Crippen molar-refractivity contribution in [2.24, 2.45) is 0 Å². The lowest BCUT2D eigenvalue weighted by Gasteiger charge is -2.16. The quantitative estimate of drug-likeness (QED) is 0.827. The molecule has 0 fully saturated rings. The molecule has 4 heteroatoms. The van der Waals surface area contributed by atoms with Gasteiger partial charge in [-0.15, -0.1) is 0 Å². The number of aliphatic hydroxyl groups is 1. The van der Waals surface area contributed by atoms with Gasteiger partial charge in [-0.1, -0.05) is 13.5 Å². The van der Waals surface area contributed by atoms with Crippen LogP contribution in [0.25, 0.3) is 0 Å². The van der Waals surface area contributed by atoms with Crippen molar-refractivity contribution in [3.05, 3.63) is 41.9 Å². The van der Waals surface area contributed by atoms with Crippen molar-refractivity contribution in [3.8, 4) is 0 Å². The number of carbonyl (C=O) groups excluding carboxylic acids is 1. The van der Waals surface area contributed by atoms with Crippen LogP contribution in [0.3, 0.4) is 0 Å². The highest BCUT2D eigenvalue weighted by molar-refractivity contribution is 5.93. The van der Waals surface area contributed by atoms with Crippen LogP contribution in [0.15, 0.2) is 30.6 Å². The fraction of sp³-hybridized carbons (Fsp3) is 0.467. The van der Waals surface area contributed by atoms with Gasteiger partial charge >= 0.3 is 0 Å². The first-order valence-corrected chi connectivity index (χ1v) is 6.48. The minimum atomic E-state index is -0.706. The average molecular weight is 262 g/mol. The number of allylic oxidation sites excluding steroid dienone is 1. The number of nitrogens with one attached hydrogen (secondary N) is 1. The van der Waals surface area contributed by atoms with Crippen molar-refractivity contribution in [2.75, 3.05) is 0 Å². The van der Waals surface area contributed by atoms with E-state index in [2.05, 4.69) is 16.9 Å². The van der Waals surface area contributed by atoms with Crippen LogP contribution >= 0.6 is 0 Å². The minimum Gasteiger partial charge on any atom is -0.390 e. The zero-order valence-electron chi connectivity index (χ0n) is 11.9. The highest BCUT2D eigenvalue weighted by Gasteiger charge is 2.13. The number of hydrogen-bond acceptors (Lipinski definition) is 3. The van der Waals surface area contributed by atoms with Gasteiger partial charge in [-0.3, -0.25) is 9.78 Å². The number of aryl methyl sites for hydroxylation is 1. The fourth-order valence-corrected chi connectivity index (χ4v) is 1.52. The summed E-state index contributed by atoms with van der Waals surface area (Å²) in [6.45, 7) is 9.21. The van der Waals surface area contributed by atoms with Gasteiger partial charge in [0.2, 0.25) is 0 Å². The van der Waals surface area contributed by atoms with Crippen molar-refractivity contribution in [1.82, 2.24) is 10.3 Å². The number of carbonyl (C=O) groups is 1. The lowest BCUT2D eigenvalue weighted by atomic mass is 9.99. The molecule has 1 amide bonds. The molecule has 0 aliphatic rings. The third-order valence-electron chi connectivity index (χ3n) is 2.80. The molecule has 19 heavy (non-hydrogen) atoms. The second-order valence-electron chi connectivity index (χ2n) is 5.27. The molecule has 2 N–H and O–H groups in total. The Kier molecular flexibility index (Phi) is 5.24. The third kappa shape index (κ3) is 5.66. The van der Waals surface area contributed by atoms with Gasteiger partial charge in [0, 0.05) is 11.9 Å². The van der Waals surface area contributed by atoms with Gasteiger partial charge in [0.1, 0.15) is 5.69 Å². The highest BCUT2D eigenvalue weighted by Crippen LogP contribution is 2.13. The van der Waals surface area contributed by atoms with E-state index in [0.29, 0.717) is 30.7 Å². The zero-order chi connectivity index (χ0) is 14.5. The topological polar surface area (TPSA) is 62.2 Å². The first-order chi connectivity index (χ1) is 8.81. The van der Waals surface area contributed by atoms with E-state index in [1.807, 2.05) is 13.0 Å². The number of rotatable bonds is 6. The van der Waals surface area contributed by atoms with Crippen LogP contribution in [-0.4, -0.2) is 21.6 Å². The summed E-state index contributed by atoms with van der Waals surface area (Å²) in [4.78, 5) is 15.9. The second-order valence-corrected chi connectivity index (χ2v) is 5.27. The molecule has 0 spiro atoms. The summed E-state index contributed by atoms with van der Waals surface area (Å²) in [7, 11) is 0. The second kappa shape index (κ2) is 6.48. The predicted octanol–water partition coefficient (Wildman–Crippen LogP) is 2.44. The largest absolute Gasteiger partial charge is 0.390 e. The van der Waals surface area contributed by atoms with Gasteiger partial charge in [-0.05, 0) is 50.8 Å². The molecule has 0 unspecified atom stereocenters. The Morgan fingerprint density at radius 1 is 1.53 bits per heavy atom. The number of nitrogens with zero attached hydrogens (tertiary/aromatic N) is 1. The number of hydrogen-bond donors (Lipinski definition) is 2. The predicted molar refractivity (Wildman–Crippen MR) is 75.8 cm³/mol. The van der Waals surface area contributed by atoms with Gasteiger partial charge in [0.05, 0.1) is 5.60 Å². The molecule has 1 aromatic rings. The SMILES string of the molecule is C=C(CC)NC(=O)c1cc(CCC(C)(C)O)ccn1. The Hall–Kier alpha value is -1.68. The maximum Gasteiger partial charge on any atom is 0.273 e. The molecule has 0 bridgehead atoms. The van der Waals surface area contributed by atoms with E-state index < -0.39 is 5.60 Å². The lowest BCUT2D eigenvalue weighted by Crippen LogP contribution is -2.23. The standard InChI is InChI=1S/C15H22N2O2/c1-5-11(2)17-14(18)13-10-12(7-9-16-13)6-8-15(3,4)19/h7,9-10,19H,2,5-6,8H2,1,3-4H3,(H,17,18). The van der Waals surface area contributed by atoms with Crippen molar-refractivity contribution in [3.63, 3.8) is 0 Å². The molecule has 0 radical (unpaired) electrons. The summed E-state index contributed by atoms with van der Waals surface area (Å²) in [5, 5.41) is 12.4. The lowest BCUT2D eigenvalue weighted by molar-refractivity contribution is 0.0714. The van der Waals surface area contributed by atoms with E-state index in [9.17, 15) is 9.90 Å². The van der Waals surface area contributed by atoms with E-state index >= 15 is 0 Å². The molecule has 0 aliphatic carbocycles. The van der Waals surface area contributed by atoms with Crippen molar-refractivity contribution in [1.29, 1.82) is 0 Å². The van der Waals surface area contributed by atoms with Crippen LogP contribution < -0.4 is 5.32 Å². The molecular weight excluding hydrogens is 240 g/mol. The molecular formula is C15H22N2O2. The molecule has 0 aliphatic heterocycles. The summed E-state index contributed by atoms with van der Waals surface area (Å²) in [5.74, 6) is -0.239. The van der Waals surface area contributed by atoms with Gasteiger partial charge < -0.3 is 10.4 Å². The summed E-state index contributed by atoms with van der Waals surface area (Å²) < 4.78 is 0. The Labute approximate surface area is 114 Å². The number of amides is 1. The Balaban J connectivity index is 2.71. The van der Waals surface area contributed by atoms with E-state index in [1.165, 1.54) is 0 Å². The maximum atomic E-state index is 11.9. The van der Waals surface area contributed by atoms with Crippen LogP contribution in [-0.2, 0) is 6.42 Å². The molecule has 4 nitrogen and oxygen atoms in total. The smallest absolute Gasteiger partial charge is 0.273 e. The van der Waals surface area contributed by atoms with E-state index in [0.717, 1.165) is 5.56 Å². The van der Waals surface area contributed by atoms with E-state index in [-0.39, 0.29) is 5.91 Å². The van der Waals surface area contributed by atoms with Crippen LogP contribution in [0.5, 0.6) is 0 Å². The summed E-state index contributed by atoms with van der Waals surface area (Å²) in [6, 6.07) is 3.61. The van der Waals surface area contributed by atoms with Crippen LogP contribution in [0.4, 0.5) is 0 Å². The number of pyridine rings is 1. The first-order valence-electron chi connectivity index (χ1n) is 6.48. The Morgan fingerprint density at radius 3 is 2.79 bits per heavy atom. The normalized spacial score (nSPS) is 11.2. The van der Waals surface area contributed by atoms with Crippen molar-refractivity contribution in [2.45, 2.75) is 45.6 Å². The fourth-order valence-electron chi connectivity index (χ4n) is 1.52. The molecule has 0 aromatic carbocycles. The number of aromatic nitrogens is 1.